The minimum Gasteiger partial charge on any atom is -0.480 e. The van der Waals surface area contributed by atoms with Crippen LogP contribution in [0.15, 0.2) is 0 Å². The number of nitrogens with zero attached hydrogens (tertiary/aromatic N) is 1. The van der Waals surface area contributed by atoms with E-state index in [2.05, 4.69) is 0 Å². The van der Waals surface area contributed by atoms with E-state index < -0.39 is 12.0 Å². The molecule has 0 radical (unpaired) electrons. The Balaban J connectivity index is 1.98. The van der Waals surface area contributed by atoms with Crippen LogP contribution in [0.2, 0.25) is 0 Å². The van der Waals surface area contributed by atoms with Gasteiger partial charge in [-0.3, -0.25) is 4.79 Å². The molecule has 0 aromatic rings. The summed E-state index contributed by atoms with van der Waals surface area (Å²) in [6.07, 6.45) is 4.95. The van der Waals surface area contributed by atoms with Crippen molar-refractivity contribution in [2.75, 3.05) is 5.75 Å². The first kappa shape index (κ1) is 10.4. The number of carboxylic acid groups (broad SMARTS) is 1. The number of aliphatic carboxylic acids is 1. The minimum atomic E-state index is -0.844. The van der Waals surface area contributed by atoms with Crippen LogP contribution in [0.5, 0.6) is 0 Å². The summed E-state index contributed by atoms with van der Waals surface area (Å²) < 4.78 is 0. The lowest BCUT2D eigenvalue weighted by Crippen LogP contribution is -2.50. The molecular formula is C11H15NO3S. The fraction of sp³-hybridized carbons (Fsp3) is 0.818. The van der Waals surface area contributed by atoms with Crippen LogP contribution >= 0.6 is 11.8 Å². The van der Waals surface area contributed by atoms with Crippen molar-refractivity contribution in [1.82, 2.24) is 4.90 Å². The molecule has 2 aliphatic heterocycles. The molecule has 0 bridgehead atoms. The van der Waals surface area contributed by atoms with E-state index in [-0.39, 0.29) is 10.8 Å². The van der Waals surface area contributed by atoms with Crippen molar-refractivity contribution in [3.63, 3.8) is 0 Å². The second-order valence-corrected chi connectivity index (χ2v) is 6.25. The third-order valence-corrected chi connectivity index (χ3v) is 5.88. The maximum absolute atomic E-state index is 12.0. The maximum atomic E-state index is 12.0. The molecule has 3 fully saturated rings. The zero-order valence-corrected chi connectivity index (χ0v) is 9.83. The van der Waals surface area contributed by atoms with E-state index in [4.69, 9.17) is 5.11 Å². The van der Waals surface area contributed by atoms with Crippen molar-refractivity contribution in [2.24, 2.45) is 5.92 Å². The van der Waals surface area contributed by atoms with Gasteiger partial charge in [-0.2, -0.15) is 0 Å². The summed E-state index contributed by atoms with van der Waals surface area (Å²) in [7, 11) is 0. The first-order valence-electron chi connectivity index (χ1n) is 5.84. The van der Waals surface area contributed by atoms with Crippen molar-refractivity contribution in [3.05, 3.63) is 0 Å². The predicted molar refractivity (Wildman–Crippen MR) is 60.0 cm³/mol. The molecule has 16 heavy (non-hydrogen) atoms. The molecule has 1 saturated carbocycles. The van der Waals surface area contributed by atoms with Gasteiger partial charge in [0, 0.05) is 18.1 Å². The molecule has 5 heteroatoms. The SMILES string of the molecule is O=C(O)[C@@H]1CS[C@]23CCCC[C@H]2CC(=O)N13. The Morgan fingerprint density at radius 2 is 2.31 bits per heavy atom. The number of hydrogen-bond donors (Lipinski definition) is 1. The van der Waals surface area contributed by atoms with E-state index >= 15 is 0 Å². The third kappa shape index (κ3) is 1.18. The molecule has 0 aromatic heterocycles. The molecule has 0 unspecified atom stereocenters. The van der Waals surface area contributed by atoms with E-state index in [0.29, 0.717) is 18.1 Å². The summed E-state index contributed by atoms with van der Waals surface area (Å²) >= 11 is 1.71. The lowest BCUT2D eigenvalue weighted by molar-refractivity contribution is -0.148. The van der Waals surface area contributed by atoms with Crippen molar-refractivity contribution in [1.29, 1.82) is 0 Å². The van der Waals surface area contributed by atoms with Crippen LogP contribution in [-0.4, -0.2) is 38.5 Å². The highest BCUT2D eigenvalue weighted by atomic mass is 32.2. The van der Waals surface area contributed by atoms with Gasteiger partial charge in [-0.05, 0) is 12.8 Å². The highest BCUT2D eigenvalue weighted by Gasteiger charge is 2.61. The van der Waals surface area contributed by atoms with Gasteiger partial charge in [-0.1, -0.05) is 12.8 Å². The normalized spacial score (nSPS) is 42.0. The van der Waals surface area contributed by atoms with Crippen LogP contribution in [0.3, 0.4) is 0 Å². The molecule has 0 aromatic carbocycles. The average Bonchev–Trinajstić information content (AvgIpc) is 2.73. The Morgan fingerprint density at radius 3 is 3.06 bits per heavy atom. The summed E-state index contributed by atoms with van der Waals surface area (Å²) in [5.41, 5.74) is 0. The van der Waals surface area contributed by atoms with Crippen molar-refractivity contribution >= 4 is 23.6 Å². The second kappa shape index (κ2) is 3.39. The minimum absolute atomic E-state index is 0.0595. The molecule has 1 N–H and O–H groups in total. The van der Waals surface area contributed by atoms with Gasteiger partial charge < -0.3 is 10.0 Å². The summed E-state index contributed by atoms with van der Waals surface area (Å²) in [4.78, 5) is 24.7. The molecule has 3 rings (SSSR count). The van der Waals surface area contributed by atoms with Crippen LogP contribution in [-0.2, 0) is 9.59 Å². The van der Waals surface area contributed by atoms with Crippen molar-refractivity contribution < 1.29 is 14.7 Å². The number of rotatable bonds is 1. The molecule has 1 amide bonds. The highest BCUT2D eigenvalue weighted by molar-refractivity contribution is 8.01. The Hall–Kier alpha value is -0.710. The van der Waals surface area contributed by atoms with Gasteiger partial charge in [-0.25, -0.2) is 4.79 Å². The summed E-state index contributed by atoms with van der Waals surface area (Å²) in [5, 5.41) is 9.16. The van der Waals surface area contributed by atoms with Crippen molar-refractivity contribution in [3.8, 4) is 0 Å². The molecule has 2 heterocycles. The molecule has 2 saturated heterocycles. The monoisotopic (exact) mass is 241 g/mol. The summed E-state index contributed by atoms with van der Waals surface area (Å²) in [6.45, 7) is 0. The van der Waals surface area contributed by atoms with E-state index in [1.807, 2.05) is 0 Å². The van der Waals surface area contributed by atoms with E-state index in [0.717, 1.165) is 19.3 Å². The Labute approximate surface area is 98.4 Å². The Bertz CT molecular complexity index is 359. The smallest absolute Gasteiger partial charge is 0.327 e. The number of carbonyl (C=O) groups is 2. The van der Waals surface area contributed by atoms with Gasteiger partial charge in [0.25, 0.3) is 0 Å². The van der Waals surface area contributed by atoms with E-state index in [1.54, 1.807) is 16.7 Å². The number of hydrogen-bond acceptors (Lipinski definition) is 3. The topological polar surface area (TPSA) is 57.6 Å². The number of carboxylic acids is 1. The highest BCUT2D eigenvalue weighted by Crippen LogP contribution is 2.57. The number of amides is 1. The van der Waals surface area contributed by atoms with Gasteiger partial charge in [0.1, 0.15) is 6.04 Å². The lowest BCUT2D eigenvalue weighted by Gasteiger charge is -2.40. The zero-order valence-electron chi connectivity index (χ0n) is 9.02. The Kier molecular flexibility index (Phi) is 2.21. The largest absolute Gasteiger partial charge is 0.480 e. The van der Waals surface area contributed by atoms with Crippen LogP contribution < -0.4 is 0 Å². The Morgan fingerprint density at radius 1 is 1.50 bits per heavy atom. The molecule has 4 nitrogen and oxygen atoms in total. The van der Waals surface area contributed by atoms with Crippen molar-refractivity contribution in [2.45, 2.75) is 43.0 Å². The van der Waals surface area contributed by atoms with Crippen LogP contribution in [0.25, 0.3) is 0 Å². The predicted octanol–water partition coefficient (Wildman–Crippen LogP) is 1.31. The number of carbonyl (C=O) groups excluding carboxylic acids is 1. The maximum Gasteiger partial charge on any atom is 0.327 e. The summed E-state index contributed by atoms with van der Waals surface area (Å²) in [5.74, 6) is 0.175. The zero-order chi connectivity index (χ0) is 11.3. The lowest BCUT2D eigenvalue weighted by atomic mass is 9.84. The van der Waals surface area contributed by atoms with Gasteiger partial charge in [0.2, 0.25) is 5.91 Å². The van der Waals surface area contributed by atoms with Crippen LogP contribution in [0, 0.1) is 5.92 Å². The van der Waals surface area contributed by atoms with Gasteiger partial charge in [0.05, 0.1) is 4.87 Å². The summed E-state index contributed by atoms with van der Waals surface area (Å²) in [6, 6.07) is -0.583. The van der Waals surface area contributed by atoms with Crippen LogP contribution in [0.4, 0.5) is 0 Å². The average molecular weight is 241 g/mol. The van der Waals surface area contributed by atoms with Crippen LogP contribution in [0.1, 0.15) is 32.1 Å². The number of thioether (sulfide) groups is 1. The molecule has 3 aliphatic rings. The van der Waals surface area contributed by atoms with Gasteiger partial charge in [-0.15, -0.1) is 11.8 Å². The quantitative estimate of drug-likeness (QED) is 0.752. The first-order valence-corrected chi connectivity index (χ1v) is 6.82. The fourth-order valence-corrected chi connectivity index (χ4v) is 5.31. The first-order chi connectivity index (χ1) is 7.65. The van der Waals surface area contributed by atoms with Gasteiger partial charge >= 0.3 is 5.97 Å². The standard InChI is InChI=1S/C11H15NO3S/c13-9-5-7-3-1-2-4-11(7)12(9)8(6-16-11)10(14)15/h7-8H,1-6H2,(H,14,15)/t7-,8-,11+/m0/s1. The molecule has 1 spiro atoms. The molecule has 88 valence electrons. The molecule has 3 atom stereocenters. The third-order valence-electron chi connectivity index (χ3n) is 4.16. The van der Waals surface area contributed by atoms with E-state index in [9.17, 15) is 9.59 Å². The molecule has 1 aliphatic carbocycles. The second-order valence-electron chi connectivity index (χ2n) is 4.92. The van der Waals surface area contributed by atoms with E-state index in [1.165, 1.54) is 6.42 Å². The molecular weight excluding hydrogens is 226 g/mol. The fourth-order valence-electron chi connectivity index (χ4n) is 3.47. The van der Waals surface area contributed by atoms with Gasteiger partial charge in [0.15, 0.2) is 0 Å².